The van der Waals surface area contributed by atoms with Gasteiger partial charge in [0, 0.05) is 38.0 Å². The Labute approximate surface area is 159 Å². The third-order valence-corrected chi connectivity index (χ3v) is 5.34. The van der Waals surface area contributed by atoms with Crippen LogP contribution in [0.25, 0.3) is 0 Å². The maximum absolute atomic E-state index is 12.1. The molecule has 1 aromatic carbocycles. The van der Waals surface area contributed by atoms with Crippen LogP contribution < -0.4 is 10.6 Å². The minimum Gasteiger partial charge on any atom is -0.326 e. The van der Waals surface area contributed by atoms with Crippen LogP contribution >= 0.6 is 23.7 Å². The van der Waals surface area contributed by atoms with Crippen molar-refractivity contribution < 1.29 is 4.79 Å². The largest absolute Gasteiger partial charge is 0.326 e. The summed E-state index contributed by atoms with van der Waals surface area (Å²) in [5.74, 6) is 0.487. The molecule has 3 rings (SSSR count). The van der Waals surface area contributed by atoms with Crippen molar-refractivity contribution in [3.63, 3.8) is 0 Å². The second-order valence-electron chi connectivity index (χ2n) is 6.65. The number of halogens is 1. The highest BCUT2D eigenvalue weighted by Crippen LogP contribution is 2.30. The van der Waals surface area contributed by atoms with E-state index in [9.17, 15) is 4.79 Å². The van der Waals surface area contributed by atoms with Crippen LogP contribution in [-0.4, -0.2) is 34.9 Å². The van der Waals surface area contributed by atoms with Crippen LogP contribution in [0.2, 0.25) is 0 Å². The van der Waals surface area contributed by atoms with Crippen LogP contribution in [0.1, 0.15) is 25.1 Å². The summed E-state index contributed by atoms with van der Waals surface area (Å²) >= 11 is 1.51. The number of benzene rings is 1. The van der Waals surface area contributed by atoms with Crippen molar-refractivity contribution >= 4 is 40.5 Å². The van der Waals surface area contributed by atoms with Crippen LogP contribution in [0.3, 0.4) is 0 Å². The summed E-state index contributed by atoms with van der Waals surface area (Å²) < 4.78 is 0. The molecule has 1 fully saturated rings. The molecule has 1 saturated heterocycles. The number of anilines is 2. The number of carbonyl (C=O) groups excluding carboxylic acids is 1. The third-order valence-electron chi connectivity index (χ3n) is 4.47. The van der Waals surface area contributed by atoms with Gasteiger partial charge in [-0.1, -0.05) is 24.6 Å². The molecule has 1 amide bonds. The molecule has 2 heterocycles. The van der Waals surface area contributed by atoms with Crippen LogP contribution in [0.5, 0.6) is 0 Å². The molecule has 0 spiro atoms. The lowest BCUT2D eigenvalue weighted by molar-refractivity contribution is -0.115. The standard InChI is InChI=1S/C18H24N4OS.ClH/c1-12-4-6-16(7-5-12)22(14(3)23)18-20-15(11-24-18)9-21-8-13(2)17(19)10-21;/h4-7,11,13,17H,8-10,19H2,1-3H3;1H. The first-order valence-electron chi connectivity index (χ1n) is 8.23. The number of likely N-dealkylation sites (tertiary alicyclic amines) is 1. The molecular weight excluding hydrogens is 356 g/mol. The summed E-state index contributed by atoms with van der Waals surface area (Å²) in [5, 5.41) is 2.76. The molecule has 0 aliphatic carbocycles. The summed E-state index contributed by atoms with van der Waals surface area (Å²) in [6, 6.07) is 8.17. The molecule has 2 N–H and O–H groups in total. The van der Waals surface area contributed by atoms with E-state index in [0.29, 0.717) is 5.92 Å². The average Bonchev–Trinajstić information content (AvgIpc) is 3.09. The molecule has 0 bridgehead atoms. The van der Waals surface area contributed by atoms with E-state index in [2.05, 4.69) is 16.8 Å². The fraction of sp³-hybridized carbons (Fsp3) is 0.444. The molecule has 1 aliphatic rings. The Hall–Kier alpha value is -1.47. The Bertz CT molecular complexity index is 708. The van der Waals surface area contributed by atoms with Gasteiger partial charge in [-0.15, -0.1) is 23.7 Å². The number of amides is 1. The van der Waals surface area contributed by atoms with Crippen molar-refractivity contribution in [3.8, 4) is 0 Å². The molecule has 2 unspecified atom stereocenters. The van der Waals surface area contributed by atoms with Crippen molar-refractivity contribution in [3.05, 3.63) is 40.9 Å². The maximum atomic E-state index is 12.1. The zero-order chi connectivity index (χ0) is 17.3. The van der Waals surface area contributed by atoms with Crippen molar-refractivity contribution in [2.45, 2.75) is 33.4 Å². The maximum Gasteiger partial charge on any atom is 0.230 e. The highest BCUT2D eigenvalue weighted by atomic mass is 35.5. The molecule has 136 valence electrons. The molecule has 2 atom stereocenters. The Balaban J connectivity index is 0.00000225. The van der Waals surface area contributed by atoms with Gasteiger partial charge in [-0.05, 0) is 25.0 Å². The molecule has 5 nitrogen and oxygen atoms in total. The number of carbonyl (C=O) groups is 1. The van der Waals surface area contributed by atoms with Gasteiger partial charge >= 0.3 is 0 Å². The zero-order valence-corrected chi connectivity index (χ0v) is 16.4. The second kappa shape index (κ2) is 8.27. The number of aryl methyl sites for hydroxylation is 1. The van der Waals surface area contributed by atoms with Crippen molar-refractivity contribution in [2.75, 3.05) is 18.0 Å². The summed E-state index contributed by atoms with van der Waals surface area (Å²) in [6.45, 7) is 8.48. The lowest BCUT2D eigenvalue weighted by atomic mass is 10.1. The van der Waals surface area contributed by atoms with Gasteiger partial charge in [0.25, 0.3) is 0 Å². The van der Waals surface area contributed by atoms with Gasteiger partial charge in [-0.2, -0.15) is 0 Å². The SMILES string of the molecule is CC(=O)N(c1ccc(C)cc1)c1nc(CN2CC(C)C(N)C2)cs1.Cl. The quantitative estimate of drug-likeness (QED) is 0.883. The van der Waals surface area contributed by atoms with Gasteiger partial charge < -0.3 is 5.73 Å². The minimum absolute atomic E-state index is 0. The van der Waals surface area contributed by atoms with Crippen molar-refractivity contribution in [2.24, 2.45) is 11.7 Å². The topological polar surface area (TPSA) is 62.5 Å². The highest BCUT2D eigenvalue weighted by molar-refractivity contribution is 7.14. The van der Waals surface area contributed by atoms with Crippen LogP contribution in [0.4, 0.5) is 10.8 Å². The van der Waals surface area contributed by atoms with Crippen LogP contribution in [0.15, 0.2) is 29.6 Å². The number of thiazole rings is 1. The molecule has 1 aliphatic heterocycles. The van der Waals surface area contributed by atoms with Crippen LogP contribution in [-0.2, 0) is 11.3 Å². The van der Waals surface area contributed by atoms with E-state index in [0.717, 1.165) is 36.1 Å². The lowest BCUT2D eigenvalue weighted by Gasteiger charge is -2.18. The third kappa shape index (κ3) is 4.58. The first-order valence-corrected chi connectivity index (χ1v) is 9.11. The van der Waals surface area contributed by atoms with E-state index in [1.807, 2.05) is 36.6 Å². The summed E-state index contributed by atoms with van der Waals surface area (Å²) in [7, 11) is 0. The molecule has 25 heavy (non-hydrogen) atoms. The van der Waals surface area contributed by atoms with E-state index in [4.69, 9.17) is 5.73 Å². The summed E-state index contributed by atoms with van der Waals surface area (Å²) in [5.41, 5.74) is 9.11. The molecule has 0 radical (unpaired) electrons. The summed E-state index contributed by atoms with van der Waals surface area (Å²) in [4.78, 5) is 20.8. The summed E-state index contributed by atoms with van der Waals surface area (Å²) in [6.07, 6.45) is 0. The van der Waals surface area contributed by atoms with Crippen molar-refractivity contribution in [1.82, 2.24) is 9.88 Å². The smallest absolute Gasteiger partial charge is 0.230 e. The van der Waals surface area contributed by atoms with Gasteiger partial charge in [0.05, 0.1) is 11.4 Å². The first-order chi connectivity index (χ1) is 11.4. The fourth-order valence-electron chi connectivity index (χ4n) is 3.05. The van der Waals surface area contributed by atoms with Gasteiger partial charge in [0.15, 0.2) is 5.13 Å². The Morgan fingerprint density at radius 2 is 2.04 bits per heavy atom. The number of rotatable bonds is 4. The number of hydrogen-bond acceptors (Lipinski definition) is 5. The number of hydrogen-bond donors (Lipinski definition) is 1. The fourth-order valence-corrected chi connectivity index (χ4v) is 3.92. The van der Waals surface area contributed by atoms with Gasteiger partial charge in [-0.25, -0.2) is 4.98 Å². The second-order valence-corrected chi connectivity index (χ2v) is 7.48. The molecule has 0 saturated carbocycles. The zero-order valence-electron chi connectivity index (χ0n) is 14.8. The molecular formula is C18H25ClN4OS. The Kier molecular flexibility index (Phi) is 6.57. The Morgan fingerprint density at radius 1 is 1.36 bits per heavy atom. The molecule has 2 aromatic rings. The van der Waals surface area contributed by atoms with E-state index in [1.54, 1.807) is 11.8 Å². The van der Waals surface area contributed by atoms with E-state index in [-0.39, 0.29) is 24.4 Å². The van der Waals surface area contributed by atoms with Gasteiger partial charge in [-0.3, -0.25) is 14.6 Å². The number of nitrogens with two attached hydrogens (primary N) is 1. The normalized spacial score (nSPS) is 20.3. The van der Waals surface area contributed by atoms with E-state index >= 15 is 0 Å². The number of nitrogens with zero attached hydrogens (tertiary/aromatic N) is 3. The Morgan fingerprint density at radius 3 is 2.60 bits per heavy atom. The van der Waals surface area contributed by atoms with Gasteiger partial charge in [0.2, 0.25) is 5.91 Å². The number of aromatic nitrogens is 1. The van der Waals surface area contributed by atoms with Crippen LogP contribution in [0, 0.1) is 12.8 Å². The first kappa shape index (κ1) is 19.8. The predicted molar refractivity (Wildman–Crippen MR) is 106 cm³/mol. The monoisotopic (exact) mass is 380 g/mol. The van der Waals surface area contributed by atoms with Crippen molar-refractivity contribution in [1.29, 1.82) is 0 Å². The molecule has 1 aromatic heterocycles. The minimum atomic E-state index is -0.0310. The van der Waals surface area contributed by atoms with E-state index < -0.39 is 0 Å². The molecule has 7 heteroatoms. The highest BCUT2D eigenvalue weighted by Gasteiger charge is 2.27. The predicted octanol–water partition coefficient (Wildman–Crippen LogP) is 3.34. The van der Waals surface area contributed by atoms with E-state index in [1.165, 1.54) is 16.9 Å². The lowest BCUT2D eigenvalue weighted by Crippen LogP contribution is -2.28. The average molecular weight is 381 g/mol. The van der Waals surface area contributed by atoms with Gasteiger partial charge in [0.1, 0.15) is 0 Å².